The molecule has 0 atom stereocenters. The Kier molecular flexibility index (Phi) is 3.72. The van der Waals surface area contributed by atoms with Crippen LogP contribution in [-0.2, 0) is 0 Å². The molecule has 0 spiro atoms. The monoisotopic (exact) mass is 322 g/mol. The summed E-state index contributed by atoms with van der Waals surface area (Å²) in [6.07, 6.45) is 0. The van der Waals surface area contributed by atoms with Crippen LogP contribution in [0, 0.1) is 28.4 Å². The summed E-state index contributed by atoms with van der Waals surface area (Å²) in [7, 11) is 0. The maximum atomic E-state index is 11.5. The van der Waals surface area contributed by atoms with Crippen LogP contribution in [-0.4, -0.2) is 4.92 Å². The molecule has 7 nitrogen and oxygen atoms in total. The van der Waals surface area contributed by atoms with Crippen molar-refractivity contribution in [2.45, 2.75) is 6.92 Å². The molecule has 0 amide bonds. The van der Waals surface area contributed by atoms with Crippen molar-refractivity contribution in [3.63, 3.8) is 0 Å². The number of nitro benzene ring substituents is 1. The molecule has 0 fully saturated rings. The molecule has 118 valence electrons. The Morgan fingerprint density at radius 1 is 1.21 bits per heavy atom. The van der Waals surface area contributed by atoms with Gasteiger partial charge in [-0.25, -0.2) is 4.79 Å². The minimum atomic E-state index is -0.585. The van der Waals surface area contributed by atoms with Crippen LogP contribution in [0.1, 0.15) is 11.1 Å². The number of benzene rings is 2. The first-order valence-electron chi connectivity index (χ1n) is 6.89. The van der Waals surface area contributed by atoms with Crippen molar-refractivity contribution in [2.75, 3.05) is 0 Å². The SMILES string of the molecule is Cc1cc(=O)oc2cc(Oc3ccc([N+](=O)[O-])cc3C#N)ccc12. The third kappa shape index (κ3) is 2.80. The third-order valence-corrected chi connectivity index (χ3v) is 3.45. The van der Waals surface area contributed by atoms with Gasteiger partial charge in [-0.2, -0.15) is 5.26 Å². The highest BCUT2D eigenvalue weighted by Gasteiger charge is 2.13. The Bertz CT molecular complexity index is 1060. The summed E-state index contributed by atoms with van der Waals surface area (Å²) in [6, 6.07) is 11.9. The summed E-state index contributed by atoms with van der Waals surface area (Å²) in [5, 5.41) is 20.7. The minimum absolute atomic E-state index is 0.0370. The van der Waals surface area contributed by atoms with Crippen LogP contribution >= 0.6 is 0 Å². The van der Waals surface area contributed by atoms with Gasteiger partial charge in [-0.1, -0.05) is 0 Å². The lowest BCUT2D eigenvalue weighted by Crippen LogP contribution is -1.98. The molecule has 0 aliphatic heterocycles. The first kappa shape index (κ1) is 15.2. The van der Waals surface area contributed by atoms with Crippen molar-refractivity contribution >= 4 is 16.7 Å². The maximum absolute atomic E-state index is 11.5. The minimum Gasteiger partial charge on any atom is -0.456 e. The summed E-state index contributed by atoms with van der Waals surface area (Å²) >= 11 is 0. The lowest BCUT2D eigenvalue weighted by atomic mass is 10.1. The average molecular weight is 322 g/mol. The van der Waals surface area contributed by atoms with Gasteiger partial charge in [0.25, 0.3) is 5.69 Å². The van der Waals surface area contributed by atoms with E-state index in [0.717, 1.165) is 17.0 Å². The molecule has 1 aromatic heterocycles. The Morgan fingerprint density at radius 3 is 2.71 bits per heavy atom. The van der Waals surface area contributed by atoms with Gasteiger partial charge in [0.2, 0.25) is 0 Å². The van der Waals surface area contributed by atoms with E-state index in [1.807, 2.05) is 6.07 Å². The zero-order valence-electron chi connectivity index (χ0n) is 12.5. The zero-order chi connectivity index (χ0) is 17.3. The van der Waals surface area contributed by atoms with E-state index in [4.69, 9.17) is 14.4 Å². The predicted molar refractivity (Wildman–Crippen MR) is 85.1 cm³/mol. The van der Waals surface area contributed by atoms with E-state index in [9.17, 15) is 14.9 Å². The third-order valence-electron chi connectivity index (χ3n) is 3.45. The van der Waals surface area contributed by atoms with Gasteiger partial charge in [0.05, 0.1) is 4.92 Å². The number of fused-ring (bicyclic) bond motifs is 1. The summed E-state index contributed by atoms with van der Waals surface area (Å²) in [5.41, 5.74) is 0.512. The fraction of sp³-hybridized carbons (Fsp3) is 0.0588. The average Bonchev–Trinajstić information content (AvgIpc) is 2.54. The van der Waals surface area contributed by atoms with E-state index in [0.29, 0.717) is 11.3 Å². The van der Waals surface area contributed by atoms with Crippen molar-refractivity contribution in [3.8, 4) is 17.6 Å². The van der Waals surface area contributed by atoms with E-state index in [2.05, 4.69) is 0 Å². The van der Waals surface area contributed by atoms with Crippen molar-refractivity contribution in [1.29, 1.82) is 5.26 Å². The molecule has 3 rings (SSSR count). The van der Waals surface area contributed by atoms with Gasteiger partial charge < -0.3 is 9.15 Å². The van der Waals surface area contributed by atoms with Crippen LogP contribution in [0.3, 0.4) is 0 Å². The van der Waals surface area contributed by atoms with E-state index >= 15 is 0 Å². The lowest BCUT2D eigenvalue weighted by Gasteiger charge is -2.08. The number of ether oxygens (including phenoxy) is 1. The molecular weight excluding hydrogens is 312 g/mol. The summed E-state index contributed by atoms with van der Waals surface area (Å²) < 4.78 is 10.8. The molecule has 0 saturated heterocycles. The van der Waals surface area contributed by atoms with Crippen molar-refractivity contribution in [1.82, 2.24) is 0 Å². The molecule has 2 aromatic carbocycles. The van der Waals surface area contributed by atoms with Gasteiger partial charge in [-0.05, 0) is 30.7 Å². The Morgan fingerprint density at radius 2 is 2.00 bits per heavy atom. The smallest absolute Gasteiger partial charge is 0.336 e. The molecule has 0 aliphatic carbocycles. The van der Waals surface area contributed by atoms with Crippen LogP contribution in [0.4, 0.5) is 5.69 Å². The van der Waals surface area contributed by atoms with E-state index in [-0.39, 0.29) is 17.0 Å². The van der Waals surface area contributed by atoms with Gasteiger partial charge in [0.15, 0.2) is 0 Å². The van der Waals surface area contributed by atoms with E-state index in [1.165, 1.54) is 24.3 Å². The van der Waals surface area contributed by atoms with Crippen LogP contribution in [0.15, 0.2) is 51.7 Å². The van der Waals surface area contributed by atoms with Gasteiger partial charge in [0, 0.05) is 29.7 Å². The number of hydrogen-bond acceptors (Lipinski definition) is 6. The first-order valence-corrected chi connectivity index (χ1v) is 6.89. The van der Waals surface area contributed by atoms with Gasteiger partial charge in [-0.15, -0.1) is 0 Å². The Balaban J connectivity index is 2.03. The maximum Gasteiger partial charge on any atom is 0.336 e. The number of aryl methyl sites for hydroxylation is 1. The summed E-state index contributed by atoms with van der Waals surface area (Å²) in [5.74, 6) is 0.527. The van der Waals surface area contributed by atoms with Crippen molar-refractivity contribution in [3.05, 3.63) is 74.1 Å². The van der Waals surface area contributed by atoms with Gasteiger partial charge in [0.1, 0.15) is 28.7 Å². The number of nitriles is 1. The van der Waals surface area contributed by atoms with Crippen molar-refractivity contribution < 1.29 is 14.1 Å². The standard InChI is InChI=1S/C17H10N2O5/c1-10-6-17(20)24-16-8-13(3-4-14(10)16)23-15-5-2-12(19(21)22)7-11(15)9-18/h2-8H,1H3. The van der Waals surface area contributed by atoms with E-state index < -0.39 is 10.5 Å². The number of non-ortho nitro benzene ring substituents is 1. The molecular formula is C17H10N2O5. The highest BCUT2D eigenvalue weighted by molar-refractivity contribution is 5.81. The summed E-state index contributed by atoms with van der Waals surface area (Å²) in [4.78, 5) is 21.6. The van der Waals surface area contributed by atoms with Gasteiger partial charge >= 0.3 is 5.63 Å². The quantitative estimate of drug-likeness (QED) is 0.413. The van der Waals surface area contributed by atoms with Crippen LogP contribution in [0.2, 0.25) is 0 Å². The van der Waals surface area contributed by atoms with Gasteiger partial charge in [-0.3, -0.25) is 10.1 Å². The molecule has 7 heteroatoms. The molecule has 0 N–H and O–H groups in total. The number of rotatable bonds is 3. The molecule has 0 radical (unpaired) electrons. The Labute approximate surface area is 135 Å². The lowest BCUT2D eigenvalue weighted by molar-refractivity contribution is -0.384. The number of nitro groups is 1. The first-order chi connectivity index (χ1) is 11.5. The number of hydrogen-bond donors (Lipinski definition) is 0. The number of nitrogens with zero attached hydrogens (tertiary/aromatic N) is 2. The predicted octanol–water partition coefficient (Wildman–Crippen LogP) is 3.67. The molecule has 3 aromatic rings. The Hall–Kier alpha value is -3.66. The second-order valence-electron chi connectivity index (χ2n) is 5.06. The normalized spacial score (nSPS) is 10.3. The molecule has 0 aliphatic rings. The van der Waals surface area contributed by atoms with Crippen LogP contribution in [0.25, 0.3) is 11.0 Å². The zero-order valence-corrected chi connectivity index (χ0v) is 12.5. The highest BCUT2D eigenvalue weighted by atomic mass is 16.6. The molecule has 0 saturated carbocycles. The fourth-order valence-electron chi connectivity index (χ4n) is 2.30. The summed E-state index contributed by atoms with van der Waals surface area (Å²) in [6.45, 7) is 1.80. The van der Waals surface area contributed by atoms with Crippen LogP contribution < -0.4 is 10.4 Å². The van der Waals surface area contributed by atoms with E-state index in [1.54, 1.807) is 19.1 Å². The largest absolute Gasteiger partial charge is 0.456 e. The second kappa shape index (κ2) is 5.85. The highest BCUT2D eigenvalue weighted by Crippen LogP contribution is 2.30. The van der Waals surface area contributed by atoms with Crippen LogP contribution in [0.5, 0.6) is 11.5 Å². The topological polar surface area (TPSA) is 106 Å². The molecule has 24 heavy (non-hydrogen) atoms. The second-order valence-corrected chi connectivity index (χ2v) is 5.06. The molecule has 0 unspecified atom stereocenters. The van der Waals surface area contributed by atoms with Crippen molar-refractivity contribution in [2.24, 2.45) is 0 Å². The molecule has 1 heterocycles. The molecule has 0 bridgehead atoms. The fourth-order valence-corrected chi connectivity index (χ4v) is 2.30.